The molecule has 0 unspecified atom stereocenters. The van der Waals surface area contributed by atoms with Crippen molar-refractivity contribution >= 4 is 59.1 Å². The Bertz CT molecular complexity index is 936. The van der Waals surface area contributed by atoms with E-state index in [-0.39, 0.29) is 28.0 Å². The van der Waals surface area contributed by atoms with Crippen LogP contribution in [0.2, 0.25) is 0 Å². The molecule has 0 heterocycles. The first-order valence-corrected chi connectivity index (χ1v) is 10.7. The third-order valence-corrected chi connectivity index (χ3v) is 8.05. The van der Waals surface area contributed by atoms with Crippen LogP contribution < -0.4 is 0 Å². The number of rotatable bonds is 4. The van der Waals surface area contributed by atoms with E-state index in [2.05, 4.69) is 36.3 Å². The van der Waals surface area contributed by atoms with Gasteiger partial charge in [-0.1, -0.05) is 51.8 Å². The highest BCUT2D eigenvalue weighted by atomic mass is 79.9. The number of ketones is 1. The number of sulfonamides is 1. The van der Waals surface area contributed by atoms with Crippen molar-refractivity contribution in [2.75, 3.05) is 0 Å². The molecule has 2 rings (SSSR count). The Hall–Kier alpha value is -1.39. The molecule has 0 N–H and O–H groups in total. The Morgan fingerprint density at radius 1 is 1.35 bits per heavy atom. The van der Waals surface area contributed by atoms with Crippen LogP contribution in [0.4, 0.5) is 5.69 Å². The molecule has 0 aliphatic heterocycles. The van der Waals surface area contributed by atoms with Crippen LogP contribution in [-0.2, 0) is 14.8 Å². The summed E-state index contributed by atoms with van der Waals surface area (Å²) in [4.78, 5) is 21.7. The maximum Gasteiger partial charge on any atom is 0.282 e. The molecule has 2 atom stereocenters. The molecule has 0 spiro atoms. The van der Waals surface area contributed by atoms with Gasteiger partial charge >= 0.3 is 0 Å². The Labute approximate surface area is 168 Å². The Morgan fingerprint density at radius 3 is 2.50 bits per heavy atom. The van der Waals surface area contributed by atoms with Crippen LogP contribution in [-0.4, -0.2) is 34.0 Å². The van der Waals surface area contributed by atoms with Crippen LogP contribution in [0.15, 0.2) is 45.2 Å². The maximum atomic E-state index is 12.7. The van der Waals surface area contributed by atoms with Crippen molar-refractivity contribution < 1.29 is 18.1 Å². The fourth-order valence-corrected chi connectivity index (χ4v) is 4.54. The second-order valence-electron chi connectivity index (χ2n) is 6.26. The van der Waals surface area contributed by atoms with Gasteiger partial charge in [-0.05, 0) is 25.0 Å². The van der Waals surface area contributed by atoms with Gasteiger partial charge in [0, 0.05) is 17.7 Å². The zero-order valence-corrected chi connectivity index (χ0v) is 18.1. The third-order valence-electron chi connectivity index (χ3n) is 3.95. The standard InChI is InChI=1S/C16H16Br2N2O5S/c1-9(2)12-8-13(16(3,18)15(17)14(12)21)19-26(24,25)11-6-4-5-10(7-11)20(22)23/h4-9,15H,1-3H3/t15-,16-/m1/s1. The molecule has 1 aromatic carbocycles. The van der Waals surface area contributed by atoms with Gasteiger partial charge in [0.15, 0.2) is 5.78 Å². The third kappa shape index (κ3) is 3.96. The molecule has 10 heteroatoms. The number of Topliss-reactive ketones (excluding diaryl/α,β-unsaturated/α-hetero) is 1. The molecular formula is C16H16Br2N2O5S. The monoisotopic (exact) mass is 506 g/mol. The molecule has 1 aliphatic rings. The number of nitro benzene ring substituents is 1. The number of carbonyl (C=O) groups is 1. The van der Waals surface area contributed by atoms with Gasteiger partial charge < -0.3 is 0 Å². The first-order chi connectivity index (χ1) is 11.9. The minimum absolute atomic E-state index is 0.114. The lowest BCUT2D eigenvalue weighted by Crippen LogP contribution is -2.47. The van der Waals surface area contributed by atoms with Crippen LogP contribution in [0, 0.1) is 16.0 Å². The summed E-state index contributed by atoms with van der Waals surface area (Å²) in [6.45, 7) is 5.29. The molecule has 26 heavy (non-hydrogen) atoms. The van der Waals surface area contributed by atoms with E-state index in [1.54, 1.807) is 6.92 Å². The summed E-state index contributed by atoms with van der Waals surface area (Å²) in [7, 11) is -4.20. The van der Waals surface area contributed by atoms with Crippen molar-refractivity contribution in [2.24, 2.45) is 10.3 Å². The second-order valence-corrected chi connectivity index (χ2v) is 10.4. The topological polar surface area (TPSA) is 107 Å². The predicted molar refractivity (Wildman–Crippen MR) is 106 cm³/mol. The quantitative estimate of drug-likeness (QED) is 0.350. The molecule has 0 bridgehead atoms. The summed E-state index contributed by atoms with van der Waals surface area (Å²) in [5, 5.41) is 10.9. The number of hydrogen-bond acceptors (Lipinski definition) is 5. The van der Waals surface area contributed by atoms with Gasteiger partial charge in [0.05, 0.1) is 24.7 Å². The van der Waals surface area contributed by atoms with Crippen molar-refractivity contribution in [3.05, 3.63) is 46.0 Å². The highest BCUT2D eigenvalue weighted by Gasteiger charge is 2.45. The van der Waals surface area contributed by atoms with Gasteiger partial charge in [0.2, 0.25) is 0 Å². The second kappa shape index (κ2) is 7.32. The molecule has 0 radical (unpaired) electrons. The van der Waals surface area contributed by atoms with Crippen LogP contribution in [0.3, 0.4) is 0 Å². The summed E-state index contributed by atoms with van der Waals surface area (Å²) in [5.41, 5.74) is 0.259. The average Bonchev–Trinajstić information content (AvgIpc) is 2.55. The van der Waals surface area contributed by atoms with E-state index in [1.165, 1.54) is 24.3 Å². The van der Waals surface area contributed by atoms with Crippen LogP contribution >= 0.6 is 31.9 Å². The van der Waals surface area contributed by atoms with Crippen LogP contribution in [0.25, 0.3) is 0 Å². The molecule has 0 amide bonds. The summed E-state index contributed by atoms with van der Waals surface area (Å²) >= 11 is 6.71. The lowest BCUT2D eigenvalue weighted by atomic mass is 9.83. The van der Waals surface area contributed by atoms with Crippen molar-refractivity contribution in [1.29, 1.82) is 0 Å². The number of allylic oxidation sites excluding steroid dienone is 2. The van der Waals surface area contributed by atoms with Crippen LogP contribution in [0.5, 0.6) is 0 Å². The number of benzene rings is 1. The SMILES string of the molecule is CC(C)C1=CC(=NS(=O)(=O)c2cccc([N+](=O)[O-])c2)[C@@](C)(Br)[C@H](Br)C1=O. The number of hydrogen-bond donors (Lipinski definition) is 0. The predicted octanol–water partition coefficient (Wildman–Crippen LogP) is 3.81. The molecule has 1 aliphatic carbocycles. The zero-order valence-electron chi connectivity index (χ0n) is 14.1. The Balaban J connectivity index is 2.63. The minimum Gasteiger partial charge on any atom is -0.293 e. The average molecular weight is 508 g/mol. The normalized spacial score (nSPS) is 25.5. The van der Waals surface area contributed by atoms with Crippen molar-refractivity contribution in [1.82, 2.24) is 0 Å². The zero-order chi connectivity index (χ0) is 19.9. The van der Waals surface area contributed by atoms with Gasteiger partial charge in [-0.2, -0.15) is 12.8 Å². The maximum absolute atomic E-state index is 12.7. The lowest BCUT2D eigenvalue weighted by molar-refractivity contribution is -0.385. The van der Waals surface area contributed by atoms with Gasteiger partial charge in [-0.3, -0.25) is 14.9 Å². The molecule has 0 fully saturated rings. The summed E-state index contributed by atoms with van der Waals surface area (Å²) < 4.78 is 28.2. The minimum atomic E-state index is -4.20. The first-order valence-electron chi connectivity index (χ1n) is 7.56. The lowest BCUT2D eigenvalue weighted by Gasteiger charge is -2.33. The van der Waals surface area contributed by atoms with E-state index in [9.17, 15) is 23.3 Å². The first kappa shape index (κ1) is 20.9. The fraction of sp³-hybridized carbons (Fsp3) is 0.375. The molecule has 0 saturated heterocycles. The van der Waals surface area contributed by atoms with Crippen molar-refractivity contribution in [2.45, 2.75) is 34.8 Å². The Morgan fingerprint density at radius 2 is 1.96 bits per heavy atom. The number of halogens is 2. The van der Waals surface area contributed by atoms with Gasteiger partial charge in [-0.15, -0.1) is 0 Å². The fourth-order valence-electron chi connectivity index (χ4n) is 2.39. The van der Waals surface area contributed by atoms with Crippen molar-refractivity contribution in [3.63, 3.8) is 0 Å². The van der Waals surface area contributed by atoms with E-state index >= 15 is 0 Å². The van der Waals surface area contributed by atoms with E-state index in [1.807, 2.05) is 13.8 Å². The molecule has 7 nitrogen and oxygen atoms in total. The molecule has 140 valence electrons. The van der Waals surface area contributed by atoms with E-state index < -0.39 is 24.1 Å². The molecular weight excluding hydrogens is 492 g/mol. The Kier molecular flexibility index (Phi) is 5.89. The summed E-state index contributed by atoms with van der Waals surface area (Å²) in [5.74, 6) is -0.261. The van der Waals surface area contributed by atoms with Gasteiger partial charge in [0.25, 0.3) is 15.7 Å². The smallest absolute Gasteiger partial charge is 0.282 e. The molecule has 1 aromatic rings. The summed E-state index contributed by atoms with van der Waals surface area (Å²) in [6, 6.07) is 4.68. The van der Waals surface area contributed by atoms with Crippen molar-refractivity contribution in [3.8, 4) is 0 Å². The molecule has 0 saturated carbocycles. The highest BCUT2D eigenvalue weighted by Crippen LogP contribution is 2.38. The number of non-ortho nitro benzene ring substituents is 1. The highest BCUT2D eigenvalue weighted by molar-refractivity contribution is 9.13. The summed E-state index contributed by atoms with van der Waals surface area (Å²) in [6.07, 6.45) is 1.47. The van der Waals surface area contributed by atoms with E-state index in [0.29, 0.717) is 5.57 Å². The van der Waals surface area contributed by atoms with Crippen LogP contribution in [0.1, 0.15) is 20.8 Å². The number of nitro groups is 1. The van der Waals surface area contributed by atoms with Gasteiger partial charge in [0.1, 0.15) is 0 Å². The van der Waals surface area contributed by atoms with Gasteiger partial charge in [-0.25, -0.2) is 0 Å². The number of nitrogens with zero attached hydrogens (tertiary/aromatic N) is 2. The molecule has 0 aromatic heterocycles. The number of alkyl halides is 2. The largest absolute Gasteiger partial charge is 0.293 e. The van der Waals surface area contributed by atoms with E-state index in [0.717, 1.165) is 6.07 Å². The van der Waals surface area contributed by atoms with E-state index in [4.69, 9.17) is 0 Å². The number of carbonyl (C=O) groups excluding carboxylic acids is 1.